The van der Waals surface area contributed by atoms with Crippen LogP contribution in [0, 0.1) is 17.8 Å². The Hall–Kier alpha value is -1.29. The molecule has 5 heteroatoms. The number of carboxylic acid groups (broad SMARTS) is 1. The van der Waals surface area contributed by atoms with E-state index >= 15 is 0 Å². The van der Waals surface area contributed by atoms with Crippen LogP contribution in [-0.4, -0.2) is 22.6 Å². The summed E-state index contributed by atoms with van der Waals surface area (Å²) < 4.78 is 0. The topological polar surface area (TPSA) is 62.2 Å². The SMILES string of the molecule is O=C(O)c1nc(NCC2CC3CCC2C3)ccc1Cl. The summed E-state index contributed by atoms with van der Waals surface area (Å²) in [7, 11) is 0. The van der Waals surface area contributed by atoms with Gasteiger partial charge in [0.2, 0.25) is 0 Å². The predicted molar refractivity (Wildman–Crippen MR) is 73.6 cm³/mol. The summed E-state index contributed by atoms with van der Waals surface area (Å²) in [5, 5.41) is 12.4. The minimum Gasteiger partial charge on any atom is -0.476 e. The molecule has 2 aliphatic carbocycles. The number of hydrogen-bond acceptors (Lipinski definition) is 3. The van der Waals surface area contributed by atoms with Crippen molar-refractivity contribution in [1.82, 2.24) is 4.98 Å². The third kappa shape index (κ3) is 2.54. The highest BCUT2D eigenvalue weighted by molar-refractivity contribution is 6.33. The van der Waals surface area contributed by atoms with Crippen LogP contribution in [0.1, 0.15) is 36.2 Å². The molecule has 0 spiro atoms. The van der Waals surface area contributed by atoms with Crippen molar-refractivity contribution in [3.05, 3.63) is 22.8 Å². The number of carbonyl (C=O) groups is 1. The minimum absolute atomic E-state index is 0.0837. The number of carboxylic acids is 1. The molecule has 19 heavy (non-hydrogen) atoms. The standard InChI is InChI=1S/C14H17ClN2O2/c15-11-3-4-12(17-13(11)14(18)19)16-7-10-6-8-1-2-9(10)5-8/h3-4,8-10H,1-2,5-7H2,(H,16,17)(H,18,19). The highest BCUT2D eigenvalue weighted by atomic mass is 35.5. The van der Waals surface area contributed by atoms with Crippen LogP contribution >= 0.6 is 11.6 Å². The normalized spacial score (nSPS) is 28.6. The molecular weight excluding hydrogens is 264 g/mol. The Morgan fingerprint density at radius 1 is 1.42 bits per heavy atom. The van der Waals surface area contributed by atoms with Crippen molar-refractivity contribution < 1.29 is 9.90 Å². The Balaban J connectivity index is 1.64. The average Bonchev–Trinajstić information content (AvgIpc) is 2.99. The first-order valence-corrected chi connectivity index (χ1v) is 7.15. The fourth-order valence-corrected chi connectivity index (χ4v) is 3.74. The molecule has 2 N–H and O–H groups in total. The number of pyridine rings is 1. The van der Waals surface area contributed by atoms with Crippen LogP contribution in [0.25, 0.3) is 0 Å². The minimum atomic E-state index is -1.09. The molecule has 2 bridgehead atoms. The summed E-state index contributed by atoms with van der Waals surface area (Å²) >= 11 is 5.80. The molecule has 2 aliphatic rings. The van der Waals surface area contributed by atoms with Crippen LogP contribution in [0.2, 0.25) is 5.02 Å². The van der Waals surface area contributed by atoms with Crippen LogP contribution in [0.15, 0.2) is 12.1 Å². The summed E-state index contributed by atoms with van der Waals surface area (Å²) in [6.45, 7) is 0.884. The molecule has 2 saturated carbocycles. The van der Waals surface area contributed by atoms with Crippen LogP contribution < -0.4 is 5.32 Å². The Morgan fingerprint density at radius 3 is 2.89 bits per heavy atom. The van der Waals surface area contributed by atoms with E-state index in [2.05, 4.69) is 10.3 Å². The van der Waals surface area contributed by atoms with E-state index in [1.165, 1.54) is 25.7 Å². The van der Waals surface area contributed by atoms with Gasteiger partial charge in [-0.1, -0.05) is 18.0 Å². The molecule has 0 amide bonds. The van der Waals surface area contributed by atoms with E-state index in [1.807, 2.05) is 0 Å². The number of nitrogens with one attached hydrogen (secondary N) is 1. The van der Waals surface area contributed by atoms with Crippen molar-refractivity contribution in [2.75, 3.05) is 11.9 Å². The molecule has 4 nitrogen and oxygen atoms in total. The van der Waals surface area contributed by atoms with Gasteiger partial charge >= 0.3 is 5.97 Å². The lowest BCUT2D eigenvalue weighted by Crippen LogP contribution is -2.20. The van der Waals surface area contributed by atoms with E-state index in [0.717, 1.165) is 18.4 Å². The van der Waals surface area contributed by atoms with Gasteiger partial charge in [-0.15, -0.1) is 0 Å². The van der Waals surface area contributed by atoms with Gasteiger partial charge in [-0.3, -0.25) is 0 Å². The first-order chi connectivity index (χ1) is 9.13. The Bertz CT molecular complexity index is 506. The third-order valence-corrected chi connectivity index (χ3v) is 4.78. The number of aromatic carboxylic acids is 1. The fraction of sp³-hybridized carbons (Fsp3) is 0.571. The van der Waals surface area contributed by atoms with Gasteiger partial charge in [-0.05, 0) is 49.1 Å². The lowest BCUT2D eigenvalue weighted by Gasteiger charge is -2.22. The molecule has 0 saturated heterocycles. The third-order valence-electron chi connectivity index (χ3n) is 4.48. The highest BCUT2D eigenvalue weighted by Gasteiger charge is 2.39. The Labute approximate surface area is 117 Å². The van der Waals surface area contributed by atoms with E-state index in [9.17, 15) is 4.79 Å². The van der Waals surface area contributed by atoms with Crippen LogP contribution in [0.5, 0.6) is 0 Å². The van der Waals surface area contributed by atoms with Gasteiger partial charge in [0.05, 0.1) is 5.02 Å². The quantitative estimate of drug-likeness (QED) is 0.888. The fourth-order valence-electron chi connectivity index (χ4n) is 3.55. The lowest BCUT2D eigenvalue weighted by atomic mass is 9.89. The number of rotatable bonds is 4. The number of aromatic nitrogens is 1. The molecule has 102 valence electrons. The maximum atomic E-state index is 11.0. The van der Waals surface area contributed by atoms with Gasteiger partial charge in [-0.25, -0.2) is 9.78 Å². The summed E-state index contributed by atoms with van der Waals surface area (Å²) in [4.78, 5) is 15.0. The summed E-state index contributed by atoms with van der Waals surface area (Å²) in [5.41, 5.74) is -0.0837. The zero-order valence-corrected chi connectivity index (χ0v) is 11.4. The maximum Gasteiger partial charge on any atom is 0.356 e. The predicted octanol–water partition coefficient (Wildman–Crippen LogP) is 3.28. The van der Waals surface area contributed by atoms with Crippen LogP contribution in [-0.2, 0) is 0 Å². The molecule has 1 heterocycles. The number of halogens is 1. The van der Waals surface area contributed by atoms with Gasteiger partial charge in [0.1, 0.15) is 5.82 Å². The van der Waals surface area contributed by atoms with Gasteiger partial charge in [0.25, 0.3) is 0 Å². The van der Waals surface area contributed by atoms with E-state index in [-0.39, 0.29) is 10.7 Å². The second-order valence-corrected chi connectivity index (χ2v) is 6.06. The number of fused-ring (bicyclic) bond motifs is 2. The molecule has 3 rings (SSSR count). The highest BCUT2D eigenvalue weighted by Crippen LogP contribution is 2.48. The van der Waals surface area contributed by atoms with E-state index in [1.54, 1.807) is 12.1 Å². The molecule has 1 aromatic heterocycles. The van der Waals surface area contributed by atoms with Crippen molar-refractivity contribution in [3.63, 3.8) is 0 Å². The van der Waals surface area contributed by atoms with E-state index < -0.39 is 5.97 Å². The van der Waals surface area contributed by atoms with E-state index in [0.29, 0.717) is 11.7 Å². The number of anilines is 1. The molecule has 3 atom stereocenters. The monoisotopic (exact) mass is 280 g/mol. The first kappa shape index (κ1) is 12.7. The first-order valence-electron chi connectivity index (χ1n) is 6.77. The van der Waals surface area contributed by atoms with Crippen molar-refractivity contribution in [2.45, 2.75) is 25.7 Å². The summed E-state index contributed by atoms with van der Waals surface area (Å²) in [6, 6.07) is 3.32. The summed E-state index contributed by atoms with van der Waals surface area (Å²) in [5.74, 6) is 2.00. The molecule has 0 radical (unpaired) electrons. The molecule has 2 fully saturated rings. The van der Waals surface area contributed by atoms with Crippen molar-refractivity contribution >= 4 is 23.4 Å². The van der Waals surface area contributed by atoms with Gasteiger partial charge in [-0.2, -0.15) is 0 Å². The van der Waals surface area contributed by atoms with E-state index in [4.69, 9.17) is 16.7 Å². The second kappa shape index (κ2) is 5.00. The van der Waals surface area contributed by atoms with Gasteiger partial charge < -0.3 is 10.4 Å². The largest absolute Gasteiger partial charge is 0.476 e. The van der Waals surface area contributed by atoms with Crippen molar-refractivity contribution in [3.8, 4) is 0 Å². The summed E-state index contributed by atoms with van der Waals surface area (Å²) in [6.07, 6.45) is 5.42. The Morgan fingerprint density at radius 2 is 2.26 bits per heavy atom. The maximum absolute atomic E-state index is 11.0. The van der Waals surface area contributed by atoms with Crippen molar-refractivity contribution in [2.24, 2.45) is 17.8 Å². The zero-order valence-electron chi connectivity index (χ0n) is 10.6. The molecular formula is C14H17ClN2O2. The molecule has 3 unspecified atom stereocenters. The van der Waals surface area contributed by atoms with Gasteiger partial charge in [0, 0.05) is 6.54 Å². The molecule has 1 aromatic rings. The molecule has 0 aliphatic heterocycles. The number of hydrogen-bond donors (Lipinski definition) is 2. The smallest absolute Gasteiger partial charge is 0.356 e. The number of nitrogens with zero attached hydrogens (tertiary/aromatic N) is 1. The average molecular weight is 281 g/mol. The van der Waals surface area contributed by atoms with Crippen LogP contribution in [0.3, 0.4) is 0 Å². The van der Waals surface area contributed by atoms with Gasteiger partial charge in [0.15, 0.2) is 5.69 Å². The van der Waals surface area contributed by atoms with Crippen molar-refractivity contribution in [1.29, 1.82) is 0 Å². The second-order valence-electron chi connectivity index (χ2n) is 5.65. The molecule has 0 aromatic carbocycles. The Kier molecular flexibility index (Phi) is 3.35. The lowest BCUT2D eigenvalue weighted by molar-refractivity contribution is 0.0691. The zero-order chi connectivity index (χ0) is 13.4. The van der Waals surface area contributed by atoms with Crippen LogP contribution in [0.4, 0.5) is 5.82 Å².